The van der Waals surface area contributed by atoms with Gasteiger partial charge in [0, 0.05) is 38.6 Å². The second-order valence-corrected chi connectivity index (χ2v) is 8.03. The van der Waals surface area contributed by atoms with Crippen LogP contribution in [0.1, 0.15) is 63.9 Å². The van der Waals surface area contributed by atoms with Crippen molar-refractivity contribution in [3.05, 3.63) is 24.3 Å². The van der Waals surface area contributed by atoms with Crippen molar-refractivity contribution in [1.29, 1.82) is 0 Å². The van der Waals surface area contributed by atoms with E-state index in [1.807, 2.05) is 18.5 Å². The molecule has 0 N–H and O–H groups in total. The number of hydrogen-bond donors (Lipinski definition) is 0. The highest BCUT2D eigenvalue weighted by Gasteiger charge is 2.33. The molecule has 0 aromatic carbocycles. The second-order valence-electron chi connectivity index (χ2n) is 8.03. The third-order valence-corrected chi connectivity index (χ3v) is 5.88. The van der Waals surface area contributed by atoms with Gasteiger partial charge in [-0.05, 0) is 35.3 Å². The summed E-state index contributed by atoms with van der Waals surface area (Å²) in [7, 11) is 0. The smallest absolute Gasteiger partial charge is 0.225 e. The molecule has 0 amide bonds. The van der Waals surface area contributed by atoms with Gasteiger partial charge >= 0.3 is 0 Å². The lowest BCUT2D eigenvalue weighted by atomic mass is 9.94. The Morgan fingerprint density at radius 2 is 1.67 bits per heavy atom. The number of tetrazole rings is 1. The molecule has 1 aliphatic carbocycles. The lowest BCUT2D eigenvalue weighted by Gasteiger charge is -2.40. The zero-order valence-electron chi connectivity index (χ0n) is 16.4. The Bertz CT molecular complexity index is 702. The van der Waals surface area contributed by atoms with Crippen LogP contribution in [-0.2, 0) is 0 Å². The van der Waals surface area contributed by atoms with Crippen LogP contribution >= 0.6 is 0 Å². The molecule has 2 aromatic heterocycles. The molecule has 1 saturated heterocycles. The van der Waals surface area contributed by atoms with E-state index in [0.717, 1.165) is 38.0 Å². The van der Waals surface area contributed by atoms with E-state index in [1.54, 1.807) is 0 Å². The molecule has 8 nitrogen and oxygen atoms in total. The Labute approximate surface area is 161 Å². The van der Waals surface area contributed by atoms with Crippen molar-refractivity contribution in [3.8, 4) is 0 Å². The van der Waals surface area contributed by atoms with Crippen LogP contribution in [0.4, 0.5) is 5.95 Å². The van der Waals surface area contributed by atoms with Gasteiger partial charge in [0.1, 0.15) is 0 Å². The van der Waals surface area contributed by atoms with Gasteiger partial charge < -0.3 is 4.90 Å². The number of aromatic nitrogens is 6. The van der Waals surface area contributed by atoms with Gasteiger partial charge in [-0.1, -0.05) is 33.1 Å². The minimum atomic E-state index is 0.251. The normalized spacial score (nSPS) is 20.9. The molecule has 2 aliphatic rings. The zero-order valence-corrected chi connectivity index (χ0v) is 16.4. The highest BCUT2D eigenvalue weighted by Crippen LogP contribution is 2.33. The Morgan fingerprint density at radius 1 is 0.963 bits per heavy atom. The average Bonchev–Trinajstić information content (AvgIpc) is 3.19. The lowest BCUT2D eigenvalue weighted by Crippen LogP contribution is -2.49. The van der Waals surface area contributed by atoms with E-state index in [2.05, 4.69) is 53.8 Å². The summed E-state index contributed by atoms with van der Waals surface area (Å²) in [6.07, 6.45) is 9.92. The van der Waals surface area contributed by atoms with Gasteiger partial charge in [-0.25, -0.2) is 14.6 Å². The maximum atomic E-state index is 4.49. The van der Waals surface area contributed by atoms with Crippen LogP contribution in [0.3, 0.4) is 0 Å². The van der Waals surface area contributed by atoms with Crippen molar-refractivity contribution in [2.45, 2.75) is 58.0 Å². The molecular weight excluding hydrogens is 340 g/mol. The summed E-state index contributed by atoms with van der Waals surface area (Å²) in [6.45, 7) is 8.35. The van der Waals surface area contributed by atoms with Gasteiger partial charge in [0.25, 0.3) is 0 Å². The van der Waals surface area contributed by atoms with Crippen molar-refractivity contribution in [3.63, 3.8) is 0 Å². The number of anilines is 1. The molecular formula is C19H30N8. The molecule has 4 rings (SSSR count). The molecule has 2 fully saturated rings. The van der Waals surface area contributed by atoms with Gasteiger partial charge in [-0.2, -0.15) is 0 Å². The number of hydrogen-bond acceptors (Lipinski definition) is 7. The first kappa shape index (κ1) is 18.3. The van der Waals surface area contributed by atoms with Crippen molar-refractivity contribution in [2.24, 2.45) is 5.92 Å². The van der Waals surface area contributed by atoms with Crippen LogP contribution in [0.2, 0.25) is 0 Å². The van der Waals surface area contributed by atoms with Crippen LogP contribution in [0.5, 0.6) is 0 Å². The molecule has 0 bridgehead atoms. The summed E-state index contributed by atoms with van der Waals surface area (Å²) in [6, 6.07) is 2.57. The van der Waals surface area contributed by atoms with E-state index in [1.165, 1.54) is 32.1 Å². The van der Waals surface area contributed by atoms with Crippen molar-refractivity contribution in [2.75, 3.05) is 31.1 Å². The maximum Gasteiger partial charge on any atom is 0.225 e. The number of nitrogens with zero attached hydrogens (tertiary/aromatic N) is 8. The first-order valence-electron chi connectivity index (χ1n) is 10.3. The van der Waals surface area contributed by atoms with E-state index in [9.17, 15) is 0 Å². The molecule has 0 spiro atoms. The lowest BCUT2D eigenvalue weighted by molar-refractivity contribution is 0.130. The molecule has 2 aromatic rings. The summed E-state index contributed by atoms with van der Waals surface area (Å²) in [4.78, 5) is 13.6. The predicted octanol–water partition coefficient (Wildman–Crippen LogP) is 2.49. The highest BCUT2D eigenvalue weighted by atomic mass is 15.6. The summed E-state index contributed by atoms with van der Waals surface area (Å²) < 4.78 is 2.14. The molecule has 146 valence electrons. The van der Waals surface area contributed by atoms with Gasteiger partial charge in [-0.3, -0.25) is 4.90 Å². The van der Waals surface area contributed by atoms with Crippen LogP contribution in [0, 0.1) is 5.92 Å². The molecule has 1 aliphatic heterocycles. The molecule has 1 atom stereocenters. The first-order chi connectivity index (χ1) is 13.2. The highest BCUT2D eigenvalue weighted by molar-refractivity contribution is 5.29. The average molecular weight is 371 g/mol. The monoisotopic (exact) mass is 370 g/mol. The standard InChI is InChI=1S/C19H30N8/c1-15(2)17(18-22-23-24-27(18)16-7-4-3-5-8-16)25-11-13-26(14-12-25)19-20-9-6-10-21-19/h6,9-10,15-17H,3-5,7-8,11-14H2,1-2H3/t17-/m1/s1. The van der Waals surface area contributed by atoms with Gasteiger partial charge in [-0.15, -0.1) is 5.10 Å². The molecule has 0 unspecified atom stereocenters. The van der Waals surface area contributed by atoms with Crippen LogP contribution in [0.15, 0.2) is 18.5 Å². The van der Waals surface area contributed by atoms with Crippen molar-refractivity contribution in [1.82, 2.24) is 35.1 Å². The van der Waals surface area contributed by atoms with Gasteiger partial charge in [0.05, 0.1) is 12.1 Å². The number of piperazine rings is 1. The quantitative estimate of drug-likeness (QED) is 0.800. The Kier molecular flexibility index (Phi) is 5.61. The van der Waals surface area contributed by atoms with E-state index >= 15 is 0 Å². The Morgan fingerprint density at radius 3 is 2.33 bits per heavy atom. The third-order valence-electron chi connectivity index (χ3n) is 5.88. The van der Waals surface area contributed by atoms with Crippen molar-refractivity contribution >= 4 is 5.95 Å². The van der Waals surface area contributed by atoms with Crippen LogP contribution in [-0.4, -0.2) is 61.3 Å². The molecule has 27 heavy (non-hydrogen) atoms. The fraction of sp³-hybridized carbons (Fsp3) is 0.737. The predicted molar refractivity (Wildman–Crippen MR) is 103 cm³/mol. The summed E-state index contributed by atoms with van der Waals surface area (Å²) >= 11 is 0. The first-order valence-corrected chi connectivity index (χ1v) is 10.3. The van der Waals surface area contributed by atoms with Crippen molar-refractivity contribution < 1.29 is 0 Å². The van der Waals surface area contributed by atoms with E-state index < -0.39 is 0 Å². The van der Waals surface area contributed by atoms with Gasteiger partial charge in [0.2, 0.25) is 5.95 Å². The van der Waals surface area contributed by atoms with Gasteiger partial charge in [0.15, 0.2) is 5.82 Å². The fourth-order valence-corrected chi connectivity index (χ4v) is 4.52. The molecule has 8 heteroatoms. The summed E-state index contributed by atoms with van der Waals surface area (Å²) in [5, 5.41) is 13.0. The molecule has 3 heterocycles. The zero-order chi connectivity index (χ0) is 18.6. The summed E-state index contributed by atoms with van der Waals surface area (Å²) in [5.41, 5.74) is 0. The van der Waals surface area contributed by atoms with E-state index in [-0.39, 0.29) is 6.04 Å². The van der Waals surface area contributed by atoms with E-state index in [4.69, 9.17) is 0 Å². The largest absolute Gasteiger partial charge is 0.338 e. The minimum absolute atomic E-state index is 0.251. The van der Waals surface area contributed by atoms with Crippen LogP contribution in [0.25, 0.3) is 0 Å². The number of rotatable bonds is 5. The molecule has 0 radical (unpaired) electrons. The Hall–Kier alpha value is -2.09. The summed E-state index contributed by atoms with van der Waals surface area (Å²) in [5.74, 6) is 2.32. The second kappa shape index (κ2) is 8.29. The topological polar surface area (TPSA) is 75.9 Å². The van der Waals surface area contributed by atoms with Crippen LogP contribution < -0.4 is 4.90 Å². The SMILES string of the molecule is CC(C)[C@H](c1nnnn1C1CCCCC1)N1CCN(c2ncccn2)CC1. The van der Waals surface area contributed by atoms with E-state index in [0.29, 0.717) is 12.0 Å². The third kappa shape index (κ3) is 3.95. The fourth-order valence-electron chi connectivity index (χ4n) is 4.52. The Balaban J connectivity index is 1.49. The molecule has 1 saturated carbocycles. The maximum absolute atomic E-state index is 4.49. The minimum Gasteiger partial charge on any atom is -0.338 e.